The minimum atomic E-state index is 0.718. The van der Waals surface area contributed by atoms with Crippen molar-refractivity contribution in [3.05, 3.63) is 71.8 Å². The SMILES string of the molecule is c1ccc(CN2CCC(c3ccccc3)C2)cc1. The van der Waals surface area contributed by atoms with Crippen molar-refractivity contribution in [2.75, 3.05) is 13.1 Å². The van der Waals surface area contributed by atoms with Crippen LogP contribution < -0.4 is 0 Å². The van der Waals surface area contributed by atoms with Crippen LogP contribution >= 0.6 is 0 Å². The number of rotatable bonds is 3. The van der Waals surface area contributed by atoms with Crippen LogP contribution in [0.2, 0.25) is 0 Å². The molecule has 0 spiro atoms. The second-order valence-electron chi connectivity index (χ2n) is 5.12. The number of hydrogen-bond donors (Lipinski definition) is 0. The molecule has 1 aliphatic heterocycles. The van der Waals surface area contributed by atoms with E-state index in [0.29, 0.717) is 0 Å². The second kappa shape index (κ2) is 5.36. The molecule has 0 radical (unpaired) electrons. The topological polar surface area (TPSA) is 3.24 Å². The maximum absolute atomic E-state index is 2.56. The third-order valence-corrected chi connectivity index (χ3v) is 3.79. The summed E-state index contributed by atoms with van der Waals surface area (Å²) >= 11 is 0. The minimum Gasteiger partial charge on any atom is -0.298 e. The lowest BCUT2D eigenvalue weighted by Crippen LogP contribution is -2.19. The Morgan fingerprint density at radius 3 is 2.28 bits per heavy atom. The van der Waals surface area contributed by atoms with E-state index < -0.39 is 0 Å². The normalized spacial score (nSPS) is 20.1. The van der Waals surface area contributed by atoms with Crippen molar-refractivity contribution in [3.8, 4) is 0 Å². The van der Waals surface area contributed by atoms with Crippen molar-refractivity contribution in [1.29, 1.82) is 0 Å². The average molecular weight is 237 g/mol. The molecule has 2 aromatic carbocycles. The summed E-state index contributed by atoms with van der Waals surface area (Å²) in [6, 6.07) is 21.7. The molecule has 2 aromatic rings. The van der Waals surface area contributed by atoms with Gasteiger partial charge in [-0.05, 0) is 30.0 Å². The zero-order valence-corrected chi connectivity index (χ0v) is 10.6. The molecule has 0 saturated carbocycles. The second-order valence-corrected chi connectivity index (χ2v) is 5.12. The molecule has 1 atom stereocenters. The van der Waals surface area contributed by atoms with E-state index in [2.05, 4.69) is 65.6 Å². The van der Waals surface area contributed by atoms with Gasteiger partial charge in [-0.1, -0.05) is 60.7 Å². The Labute approximate surface area is 109 Å². The third-order valence-electron chi connectivity index (χ3n) is 3.79. The minimum absolute atomic E-state index is 0.718. The molecule has 0 aromatic heterocycles. The molecule has 18 heavy (non-hydrogen) atoms. The third kappa shape index (κ3) is 2.62. The number of nitrogens with zero attached hydrogens (tertiary/aromatic N) is 1. The number of benzene rings is 2. The maximum atomic E-state index is 2.56. The molecule has 0 bridgehead atoms. The molecule has 0 N–H and O–H groups in total. The Balaban J connectivity index is 1.62. The van der Waals surface area contributed by atoms with E-state index in [1.54, 1.807) is 0 Å². The standard InChI is InChI=1S/C17H19N/c1-3-7-15(8-4-1)13-18-12-11-17(14-18)16-9-5-2-6-10-16/h1-10,17H,11-14H2. The van der Waals surface area contributed by atoms with Crippen LogP contribution in [-0.4, -0.2) is 18.0 Å². The molecule has 0 amide bonds. The zero-order chi connectivity index (χ0) is 12.2. The van der Waals surface area contributed by atoms with Crippen LogP contribution in [0.25, 0.3) is 0 Å². The van der Waals surface area contributed by atoms with Crippen LogP contribution in [0.5, 0.6) is 0 Å². The average Bonchev–Trinajstić information content (AvgIpc) is 2.89. The monoisotopic (exact) mass is 237 g/mol. The van der Waals surface area contributed by atoms with Gasteiger partial charge in [0, 0.05) is 13.1 Å². The largest absolute Gasteiger partial charge is 0.298 e. The van der Waals surface area contributed by atoms with Gasteiger partial charge in [-0.25, -0.2) is 0 Å². The van der Waals surface area contributed by atoms with Crippen LogP contribution in [0.15, 0.2) is 60.7 Å². The molecule has 1 aliphatic rings. The summed E-state index contributed by atoms with van der Waals surface area (Å²) in [7, 11) is 0. The van der Waals surface area contributed by atoms with Crippen LogP contribution in [0.3, 0.4) is 0 Å². The molecule has 92 valence electrons. The van der Waals surface area contributed by atoms with Crippen molar-refractivity contribution in [2.45, 2.75) is 18.9 Å². The predicted octanol–water partition coefficient (Wildman–Crippen LogP) is 3.68. The van der Waals surface area contributed by atoms with Gasteiger partial charge in [0.1, 0.15) is 0 Å². The fourth-order valence-electron chi connectivity index (χ4n) is 2.82. The lowest BCUT2D eigenvalue weighted by Gasteiger charge is -2.16. The van der Waals surface area contributed by atoms with E-state index in [0.717, 1.165) is 12.5 Å². The fraction of sp³-hybridized carbons (Fsp3) is 0.294. The van der Waals surface area contributed by atoms with Crippen molar-refractivity contribution in [3.63, 3.8) is 0 Å². The van der Waals surface area contributed by atoms with E-state index in [9.17, 15) is 0 Å². The van der Waals surface area contributed by atoms with Gasteiger partial charge in [0.25, 0.3) is 0 Å². The smallest absolute Gasteiger partial charge is 0.0233 e. The first-order valence-electron chi connectivity index (χ1n) is 6.73. The fourth-order valence-corrected chi connectivity index (χ4v) is 2.82. The Morgan fingerprint density at radius 2 is 1.56 bits per heavy atom. The van der Waals surface area contributed by atoms with Crippen molar-refractivity contribution in [2.24, 2.45) is 0 Å². The highest BCUT2D eigenvalue weighted by atomic mass is 15.1. The Morgan fingerprint density at radius 1 is 0.889 bits per heavy atom. The Bertz CT molecular complexity index is 477. The first kappa shape index (κ1) is 11.5. The molecule has 1 unspecified atom stereocenters. The summed E-state index contributed by atoms with van der Waals surface area (Å²) in [4.78, 5) is 2.56. The summed E-state index contributed by atoms with van der Waals surface area (Å²) in [5, 5.41) is 0. The van der Waals surface area contributed by atoms with Crippen molar-refractivity contribution >= 4 is 0 Å². The van der Waals surface area contributed by atoms with Gasteiger partial charge < -0.3 is 0 Å². The van der Waals surface area contributed by atoms with Gasteiger partial charge in [-0.15, -0.1) is 0 Å². The van der Waals surface area contributed by atoms with E-state index in [1.807, 2.05) is 0 Å². The van der Waals surface area contributed by atoms with Gasteiger partial charge in [0.15, 0.2) is 0 Å². The summed E-state index contributed by atoms with van der Waals surface area (Å²) < 4.78 is 0. The van der Waals surface area contributed by atoms with Gasteiger partial charge in [-0.2, -0.15) is 0 Å². The Hall–Kier alpha value is -1.60. The van der Waals surface area contributed by atoms with Crippen LogP contribution in [-0.2, 0) is 6.54 Å². The van der Waals surface area contributed by atoms with Gasteiger partial charge in [0.05, 0.1) is 0 Å². The molecule has 1 saturated heterocycles. The first-order valence-corrected chi connectivity index (χ1v) is 6.73. The van der Waals surface area contributed by atoms with Gasteiger partial charge >= 0.3 is 0 Å². The first-order chi connectivity index (χ1) is 8.92. The summed E-state index contributed by atoms with van der Waals surface area (Å²) in [5.74, 6) is 0.718. The van der Waals surface area contributed by atoms with Crippen LogP contribution in [0.1, 0.15) is 23.5 Å². The van der Waals surface area contributed by atoms with E-state index in [4.69, 9.17) is 0 Å². The Kier molecular flexibility index (Phi) is 3.42. The van der Waals surface area contributed by atoms with Crippen molar-refractivity contribution in [1.82, 2.24) is 4.90 Å². The van der Waals surface area contributed by atoms with E-state index >= 15 is 0 Å². The number of hydrogen-bond acceptors (Lipinski definition) is 1. The van der Waals surface area contributed by atoms with Gasteiger partial charge in [0.2, 0.25) is 0 Å². The van der Waals surface area contributed by atoms with Crippen molar-refractivity contribution < 1.29 is 0 Å². The molecule has 3 rings (SSSR count). The highest BCUT2D eigenvalue weighted by molar-refractivity contribution is 5.21. The van der Waals surface area contributed by atoms with Crippen LogP contribution in [0.4, 0.5) is 0 Å². The zero-order valence-electron chi connectivity index (χ0n) is 10.6. The quantitative estimate of drug-likeness (QED) is 0.787. The summed E-state index contributed by atoms with van der Waals surface area (Å²) in [6.07, 6.45) is 1.29. The van der Waals surface area contributed by atoms with E-state index in [-0.39, 0.29) is 0 Å². The molecule has 1 heterocycles. The van der Waals surface area contributed by atoms with E-state index in [1.165, 1.54) is 30.6 Å². The predicted molar refractivity (Wildman–Crippen MR) is 75.5 cm³/mol. The highest BCUT2D eigenvalue weighted by Gasteiger charge is 2.23. The molecular formula is C17H19N. The lowest BCUT2D eigenvalue weighted by atomic mass is 9.99. The lowest BCUT2D eigenvalue weighted by molar-refractivity contribution is 0.327. The van der Waals surface area contributed by atoms with Crippen LogP contribution in [0, 0.1) is 0 Å². The summed E-state index contributed by atoms with van der Waals surface area (Å²) in [5.41, 5.74) is 2.92. The highest BCUT2D eigenvalue weighted by Crippen LogP contribution is 2.27. The molecular weight excluding hydrogens is 218 g/mol. The molecule has 0 aliphatic carbocycles. The maximum Gasteiger partial charge on any atom is 0.0233 e. The van der Waals surface area contributed by atoms with Gasteiger partial charge in [-0.3, -0.25) is 4.90 Å². The molecule has 1 heteroatoms. The number of likely N-dealkylation sites (tertiary alicyclic amines) is 1. The molecule has 1 fully saturated rings. The molecule has 1 nitrogen and oxygen atoms in total. The summed E-state index contributed by atoms with van der Waals surface area (Å²) in [6.45, 7) is 3.50.